The van der Waals surface area contributed by atoms with Gasteiger partial charge < -0.3 is 4.57 Å². The highest BCUT2D eigenvalue weighted by atomic mass is 16.6. The van der Waals surface area contributed by atoms with Crippen molar-refractivity contribution in [2.24, 2.45) is 5.10 Å². The molecule has 0 saturated carbocycles. The smallest absolute Gasteiger partial charge is 0.280 e. The first kappa shape index (κ1) is 17.4. The minimum absolute atomic E-state index is 0.00902. The Hall–Kier alpha value is -4.00. The van der Waals surface area contributed by atoms with Crippen molar-refractivity contribution in [3.63, 3.8) is 0 Å². The summed E-state index contributed by atoms with van der Waals surface area (Å²) in [7, 11) is 0. The summed E-state index contributed by atoms with van der Waals surface area (Å²) in [6, 6.07) is 19.2. The number of carbonyl (C=O) groups excluding carboxylic acids is 1. The molecule has 0 fully saturated rings. The summed E-state index contributed by atoms with van der Waals surface area (Å²) in [5.74, 6) is -0.213. The van der Waals surface area contributed by atoms with Gasteiger partial charge in [-0.25, -0.2) is 0 Å². The van der Waals surface area contributed by atoms with Gasteiger partial charge in [0.2, 0.25) is 0 Å². The number of hydrogen-bond acceptors (Lipinski definition) is 4. The van der Waals surface area contributed by atoms with Gasteiger partial charge in [-0.2, -0.15) is 10.1 Å². The van der Waals surface area contributed by atoms with Crippen molar-refractivity contribution in [3.8, 4) is 5.69 Å². The summed E-state index contributed by atoms with van der Waals surface area (Å²) < 4.78 is 1.80. The second-order valence-corrected chi connectivity index (χ2v) is 6.28. The van der Waals surface area contributed by atoms with E-state index in [2.05, 4.69) is 5.10 Å². The molecule has 7 heteroatoms. The van der Waals surface area contributed by atoms with Crippen molar-refractivity contribution in [3.05, 3.63) is 94.3 Å². The third kappa shape index (κ3) is 3.09. The fourth-order valence-electron chi connectivity index (χ4n) is 3.08. The molecule has 1 aliphatic rings. The number of aromatic nitrogens is 1. The molecule has 2 heterocycles. The standard InChI is InChI=1S/C21H16N4O3/c1-15-20(21(26)24(22-15)16-7-3-2-4-8-16)14-18-11-6-12-23(18)17-9-5-10-19(13-17)25(27)28/h2-14H,1H3/b20-14+. The van der Waals surface area contributed by atoms with Gasteiger partial charge in [0.05, 0.1) is 27.6 Å². The minimum atomic E-state index is -0.430. The van der Waals surface area contributed by atoms with Crippen LogP contribution in [0.5, 0.6) is 0 Å². The topological polar surface area (TPSA) is 80.7 Å². The number of nitrogens with zero attached hydrogens (tertiary/aromatic N) is 4. The maximum Gasteiger partial charge on any atom is 0.280 e. The SMILES string of the molecule is CC1=NN(c2ccccc2)C(=O)/C1=C/c1cccn1-c1cccc([N+](=O)[O-])c1. The Balaban J connectivity index is 1.71. The zero-order valence-corrected chi connectivity index (χ0v) is 15.0. The minimum Gasteiger partial charge on any atom is -0.317 e. The number of non-ortho nitro benzene ring substituents is 1. The summed E-state index contributed by atoms with van der Waals surface area (Å²) in [5, 5.41) is 16.8. The Labute approximate surface area is 161 Å². The van der Waals surface area contributed by atoms with Crippen molar-refractivity contribution in [1.29, 1.82) is 0 Å². The molecule has 0 aliphatic carbocycles. The predicted molar refractivity (Wildman–Crippen MR) is 107 cm³/mol. The maximum atomic E-state index is 12.9. The number of benzene rings is 2. The van der Waals surface area contributed by atoms with Crippen LogP contribution < -0.4 is 5.01 Å². The van der Waals surface area contributed by atoms with E-state index in [1.807, 2.05) is 42.5 Å². The van der Waals surface area contributed by atoms with E-state index in [9.17, 15) is 14.9 Å². The second-order valence-electron chi connectivity index (χ2n) is 6.28. The highest BCUT2D eigenvalue weighted by molar-refractivity contribution is 6.32. The van der Waals surface area contributed by atoms with Gasteiger partial charge in [0.15, 0.2) is 0 Å². The number of nitro benzene ring substituents is 1. The van der Waals surface area contributed by atoms with Gasteiger partial charge in [-0.3, -0.25) is 14.9 Å². The van der Waals surface area contributed by atoms with Gasteiger partial charge in [-0.1, -0.05) is 24.3 Å². The Morgan fingerprint density at radius 2 is 1.75 bits per heavy atom. The van der Waals surface area contributed by atoms with E-state index in [-0.39, 0.29) is 11.6 Å². The zero-order chi connectivity index (χ0) is 19.7. The first-order chi connectivity index (χ1) is 13.5. The van der Waals surface area contributed by atoms with Crippen LogP contribution in [0, 0.1) is 10.1 Å². The second kappa shape index (κ2) is 6.96. The molecule has 2 aromatic carbocycles. The van der Waals surface area contributed by atoms with E-state index in [4.69, 9.17) is 0 Å². The van der Waals surface area contributed by atoms with Crippen molar-refractivity contribution in [2.45, 2.75) is 6.92 Å². The van der Waals surface area contributed by atoms with E-state index < -0.39 is 4.92 Å². The lowest BCUT2D eigenvalue weighted by Crippen LogP contribution is -2.21. The van der Waals surface area contributed by atoms with Crippen molar-refractivity contribution in [2.75, 3.05) is 5.01 Å². The molecule has 0 N–H and O–H groups in total. The number of hydrogen-bond donors (Lipinski definition) is 0. The van der Waals surface area contributed by atoms with Gasteiger partial charge in [0.1, 0.15) is 0 Å². The highest BCUT2D eigenvalue weighted by Gasteiger charge is 2.28. The van der Waals surface area contributed by atoms with Crippen LogP contribution in [-0.4, -0.2) is 21.1 Å². The van der Waals surface area contributed by atoms with Crippen LogP contribution in [0.25, 0.3) is 11.8 Å². The van der Waals surface area contributed by atoms with Crippen LogP contribution in [0.4, 0.5) is 11.4 Å². The molecular formula is C21H16N4O3. The summed E-state index contributed by atoms with van der Waals surface area (Å²) in [6.45, 7) is 1.79. The molecule has 3 aromatic rings. The quantitative estimate of drug-likeness (QED) is 0.391. The number of nitro groups is 1. The van der Waals surface area contributed by atoms with Crippen LogP contribution >= 0.6 is 0 Å². The molecule has 7 nitrogen and oxygen atoms in total. The Morgan fingerprint density at radius 3 is 2.50 bits per heavy atom. The van der Waals surface area contributed by atoms with Crippen LogP contribution in [-0.2, 0) is 4.79 Å². The Kier molecular flexibility index (Phi) is 4.33. The number of hydrazone groups is 1. The van der Waals surface area contributed by atoms with Crippen LogP contribution in [0.15, 0.2) is 83.6 Å². The molecule has 0 spiro atoms. The third-order valence-corrected chi connectivity index (χ3v) is 4.45. The average Bonchev–Trinajstić information content (AvgIpc) is 3.29. The number of carbonyl (C=O) groups is 1. The van der Waals surface area contributed by atoms with Gasteiger partial charge in [0, 0.05) is 24.0 Å². The number of rotatable bonds is 4. The van der Waals surface area contributed by atoms with E-state index in [1.54, 1.807) is 35.9 Å². The van der Waals surface area contributed by atoms with E-state index in [1.165, 1.54) is 17.1 Å². The lowest BCUT2D eigenvalue weighted by molar-refractivity contribution is -0.384. The normalized spacial score (nSPS) is 15.2. The molecule has 1 aromatic heterocycles. The van der Waals surface area contributed by atoms with E-state index >= 15 is 0 Å². The molecule has 4 rings (SSSR count). The summed E-state index contributed by atoms with van der Waals surface area (Å²) >= 11 is 0. The van der Waals surface area contributed by atoms with Gasteiger partial charge in [-0.15, -0.1) is 0 Å². The molecule has 0 saturated heterocycles. The molecule has 0 bridgehead atoms. The predicted octanol–water partition coefficient (Wildman–Crippen LogP) is 4.19. The first-order valence-corrected chi connectivity index (χ1v) is 8.63. The van der Waals surface area contributed by atoms with E-state index in [0.717, 1.165) is 5.69 Å². The largest absolute Gasteiger partial charge is 0.317 e. The Bertz CT molecular complexity index is 1130. The maximum absolute atomic E-state index is 12.9. The number of amides is 1. The first-order valence-electron chi connectivity index (χ1n) is 8.63. The molecule has 0 unspecified atom stereocenters. The highest BCUT2D eigenvalue weighted by Crippen LogP contribution is 2.26. The molecule has 0 atom stereocenters. The summed E-state index contributed by atoms with van der Waals surface area (Å²) in [4.78, 5) is 23.5. The zero-order valence-electron chi connectivity index (χ0n) is 15.0. The van der Waals surface area contributed by atoms with Gasteiger partial charge >= 0.3 is 0 Å². The van der Waals surface area contributed by atoms with Crippen molar-refractivity contribution < 1.29 is 9.72 Å². The van der Waals surface area contributed by atoms with Crippen LogP contribution in [0.3, 0.4) is 0 Å². The van der Waals surface area contributed by atoms with Gasteiger partial charge in [-0.05, 0) is 43.3 Å². The van der Waals surface area contributed by atoms with Crippen molar-refractivity contribution >= 4 is 29.1 Å². The van der Waals surface area contributed by atoms with Crippen molar-refractivity contribution in [1.82, 2.24) is 4.57 Å². The van der Waals surface area contributed by atoms with Gasteiger partial charge in [0.25, 0.3) is 11.6 Å². The molecular weight excluding hydrogens is 356 g/mol. The molecule has 1 amide bonds. The fraction of sp³-hybridized carbons (Fsp3) is 0.0476. The fourth-order valence-corrected chi connectivity index (χ4v) is 3.08. The summed E-state index contributed by atoms with van der Waals surface area (Å²) in [6.07, 6.45) is 3.55. The average molecular weight is 372 g/mol. The molecule has 28 heavy (non-hydrogen) atoms. The van der Waals surface area contributed by atoms with E-state index in [0.29, 0.717) is 22.7 Å². The summed E-state index contributed by atoms with van der Waals surface area (Å²) in [5.41, 5.74) is 3.17. The molecule has 1 aliphatic heterocycles. The lowest BCUT2D eigenvalue weighted by atomic mass is 10.1. The molecule has 0 radical (unpaired) electrons. The molecule has 138 valence electrons. The lowest BCUT2D eigenvalue weighted by Gasteiger charge is -2.11. The number of para-hydroxylation sites is 1. The van der Waals surface area contributed by atoms with Crippen LogP contribution in [0.2, 0.25) is 0 Å². The number of anilines is 1. The third-order valence-electron chi connectivity index (χ3n) is 4.45. The Morgan fingerprint density at radius 1 is 1.00 bits per heavy atom. The van der Waals surface area contributed by atoms with Crippen LogP contribution in [0.1, 0.15) is 12.6 Å². The monoisotopic (exact) mass is 372 g/mol.